The summed E-state index contributed by atoms with van der Waals surface area (Å²) in [6.45, 7) is 1.71. The van der Waals surface area contributed by atoms with Gasteiger partial charge in [0.05, 0.1) is 0 Å². The largest absolute Gasteiger partial charge is 0.207 e. The van der Waals surface area contributed by atoms with Crippen molar-refractivity contribution >= 4 is 0 Å². The zero-order chi connectivity index (χ0) is 10.8. The molecular formula is C13H10F2. The highest BCUT2D eigenvalue weighted by molar-refractivity contribution is 5.64. The smallest absolute Gasteiger partial charge is 0.126 e. The van der Waals surface area contributed by atoms with Gasteiger partial charge in [0.15, 0.2) is 0 Å². The molecule has 0 aliphatic carbocycles. The Morgan fingerprint density at radius 2 is 1.40 bits per heavy atom. The summed E-state index contributed by atoms with van der Waals surface area (Å²) in [6, 6.07) is 11.0. The van der Waals surface area contributed by atoms with Gasteiger partial charge in [-0.05, 0) is 47.9 Å². The Bertz CT molecular complexity index is 472. The van der Waals surface area contributed by atoms with Crippen LogP contribution in [0.2, 0.25) is 0 Å². The lowest BCUT2D eigenvalue weighted by atomic mass is 10.0. The zero-order valence-corrected chi connectivity index (χ0v) is 8.30. The number of aryl methyl sites for hydroxylation is 1. The van der Waals surface area contributed by atoms with Crippen molar-refractivity contribution in [3.05, 3.63) is 59.7 Å². The van der Waals surface area contributed by atoms with E-state index in [9.17, 15) is 8.78 Å². The average molecular weight is 204 g/mol. The van der Waals surface area contributed by atoms with Gasteiger partial charge in [-0.1, -0.05) is 18.2 Å². The van der Waals surface area contributed by atoms with Crippen LogP contribution in [0.15, 0.2) is 42.5 Å². The molecule has 0 bridgehead atoms. The molecule has 0 saturated heterocycles. The molecule has 2 rings (SSSR count). The highest BCUT2D eigenvalue weighted by Crippen LogP contribution is 2.21. The minimum Gasteiger partial charge on any atom is -0.207 e. The van der Waals surface area contributed by atoms with Gasteiger partial charge in [-0.3, -0.25) is 0 Å². The Labute approximate surface area is 87.2 Å². The van der Waals surface area contributed by atoms with E-state index in [1.807, 2.05) is 0 Å². The van der Waals surface area contributed by atoms with Crippen LogP contribution in [0.1, 0.15) is 5.56 Å². The second-order valence-corrected chi connectivity index (χ2v) is 3.47. The van der Waals surface area contributed by atoms with Gasteiger partial charge < -0.3 is 0 Å². The molecule has 0 heterocycles. The maximum atomic E-state index is 13.0. The van der Waals surface area contributed by atoms with Crippen LogP contribution in [-0.2, 0) is 0 Å². The lowest BCUT2D eigenvalue weighted by Gasteiger charge is -2.03. The van der Waals surface area contributed by atoms with E-state index in [1.165, 1.54) is 18.2 Å². The van der Waals surface area contributed by atoms with Gasteiger partial charge in [-0.25, -0.2) is 8.78 Å². The van der Waals surface area contributed by atoms with Crippen LogP contribution in [-0.4, -0.2) is 0 Å². The van der Waals surface area contributed by atoms with E-state index >= 15 is 0 Å². The first-order chi connectivity index (χ1) is 7.16. The molecule has 0 aromatic heterocycles. The Balaban J connectivity index is 2.45. The topological polar surface area (TPSA) is 0 Å². The monoisotopic (exact) mass is 204 g/mol. The lowest BCUT2D eigenvalue weighted by Crippen LogP contribution is -1.84. The second-order valence-electron chi connectivity index (χ2n) is 3.47. The van der Waals surface area contributed by atoms with Crippen molar-refractivity contribution in [1.82, 2.24) is 0 Å². The standard InChI is InChI=1S/C13H10F2/c1-9-8-11(4-7-13(9)15)10-2-5-12(14)6-3-10/h2-8H,1H3. The van der Waals surface area contributed by atoms with E-state index in [-0.39, 0.29) is 11.6 Å². The van der Waals surface area contributed by atoms with E-state index < -0.39 is 0 Å². The van der Waals surface area contributed by atoms with Crippen LogP contribution in [0.3, 0.4) is 0 Å². The third kappa shape index (κ3) is 2.04. The van der Waals surface area contributed by atoms with Crippen LogP contribution in [0, 0.1) is 18.6 Å². The first-order valence-corrected chi connectivity index (χ1v) is 4.69. The summed E-state index contributed by atoms with van der Waals surface area (Å²) in [6.07, 6.45) is 0. The normalized spacial score (nSPS) is 10.3. The minimum absolute atomic E-state index is 0.221. The molecule has 0 unspecified atom stereocenters. The van der Waals surface area contributed by atoms with Crippen LogP contribution in [0.4, 0.5) is 8.78 Å². The van der Waals surface area contributed by atoms with Gasteiger partial charge >= 0.3 is 0 Å². The fourth-order valence-corrected chi connectivity index (χ4v) is 1.47. The van der Waals surface area contributed by atoms with Crippen molar-refractivity contribution < 1.29 is 8.78 Å². The highest BCUT2D eigenvalue weighted by atomic mass is 19.1. The molecule has 2 aromatic rings. The maximum absolute atomic E-state index is 13.0. The first kappa shape index (κ1) is 9.84. The molecule has 2 aromatic carbocycles. The highest BCUT2D eigenvalue weighted by Gasteiger charge is 2.01. The Morgan fingerprint density at radius 3 is 2.00 bits per heavy atom. The van der Waals surface area contributed by atoms with Gasteiger partial charge in [0.1, 0.15) is 11.6 Å². The van der Waals surface area contributed by atoms with Crippen molar-refractivity contribution in [2.45, 2.75) is 6.92 Å². The van der Waals surface area contributed by atoms with E-state index in [0.29, 0.717) is 5.56 Å². The molecule has 0 N–H and O–H groups in total. The molecule has 0 saturated carbocycles. The molecule has 0 atom stereocenters. The molecule has 0 spiro atoms. The van der Waals surface area contributed by atoms with Gasteiger partial charge in [-0.15, -0.1) is 0 Å². The van der Waals surface area contributed by atoms with Crippen LogP contribution in [0.5, 0.6) is 0 Å². The van der Waals surface area contributed by atoms with Gasteiger partial charge in [-0.2, -0.15) is 0 Å². The number of halogens is 2. The molecule has 15 heavy (non-hydrogen) atoms. The molecule has 0 fully saturated rings. The van der Waals surface area contributed by atoms with Crippen LogP contribution < -0.4 is 0 Å². The summed E-state index contributed by atoms with van der Waals surface area (Å²) in [5.74, 6) is -0.488. The number of rotatable bonds is 1. The fourth-order valence-electron chi connectivity index (χ4n) is 1.47. The summed E-state index contributed by atoms with van der Waals surface area (Å²) in [5.41, 5.74) is 2.38. The van der Waals surface area contributed by atoms with Crippen molar-refractivity contribution in [3.8, 4) is 11.1 Å². The Morgan fingerprint density at radius 1 is 0.800 bits per heavy atom. The van der Waals surface area contributed by atoms with Gasteiger partial charge in [0.2, 0.25) is 0 Å². The molecule has 0 amide bonds. The molecule has 2 heteroatoms. The first-order valence-electron chi connectivity index (χ1n) is 4.69. The summed E-state index contributed by atoms with van der Waals surface area (Å²) in [7, 11) is 0. The molecule has 76 valence electrons. The summed E-state index contributed by atoms with van der Waals surface area (Å²) in [5, 5.41) is 0. The second kappa shape index (κ2) is 3.81. The molecular weight excluding hydrogens is 194 g/mol. The number of hydrogen-bond acceptors (Lipinski definition) is 0. The lowest BCUT2D eigenvalue weighted by molar-refractivity contribution is 0.618. The predicted octanol–water partition coefficient (Wildman–Crippen LogP) is 3.94. The SMILES string of the molecule is Cc1cc(-c2ccc(F)cc2)ccc1F. The Hall–Kier alpha value is -1.70. The quantitative estimate of drug-likeness (QED) is 0.660. The molecule has 0 radical (unpaired) electrons. The van der Waals surface area contributed by atoms with Crippen LogP contribution in [0.25, 0.3) is 11.1 Å². The summed E-state index contributed by atoms with van der Waals surface area (Å²) < 4.78 is 25.7. The van der Waals surface area contributed by atoms with Gasteiger partial charge in [0, 0.05) is 0 Å². The summed E-state index contributed by atoms with van der Waals surface area (Å²) >= 11 is 0. The Kier molecular flexibility index (Phi) is 2.50. The van der Waals surface area contributed by atoms with Crippen molar-refractivity contribution in [1.29, 1.82) is 0 Å². The van der Waals surface area contributed by atoms with Crippen molar-refractivity contribution in [2.24, 2.45) is 0 Å². The van der Waals surface area contributed by atoms with Crippen molar-refractivity contribution in [3.63, 3.8) is 0 Å². The average Bonchev–Trinajstić information content (AvgIpc) is 2.23. The molecule has 0 aliphatic heterocycles. The van der Waals surface area contributed by atoms with E-state index in [2.05, 4.69) is 0 Å². The van der Waals surface area contributed by atoms with E-state index in [1.54, 1.807) is 31.2 Å². The minimum atomic E-state index is -0.266. The number of hydrogen-bond donors (Lipinski definition) is 0. The zero-order valence-electron chi connectivity index (χ0n) is 8.30. The maximum Gasteiger partial charge on any atom is 0.126 e. The molecule has 0 aliphatic rings. The van der Waals surface area contributed by atoms with E-state index in [4.69, 9.17) is 0 Å². The van der Waals surface area contributed by atoms with Crippen LogP contribution >= 0.6 is 0 Å². The number of benzene rings is 2. The fraction of sp³-hybridized carbons (Fsp3) is 0.0769. The van der Waals surface area contributed by atoms with E-state index in [0.717, 1.165) is 11.1 Å². The van der Waals surface area contributed by atoms with Gasteiger partial charge in [0.25, 0.3) is 0 Å². The van der Waals surface area contributed by atoms with Crippen molar-refractivity contribution in [2.75, 3.05) is 0 Å². The predicted molar refractivity (Wildman–Crippen MR) is 56.5 cm³/mol. The molecule has 0 nitrogen and oxygen atoms in total. The third-order valence-electron chi connectivity index (χ3n) is 2.34. The third-order valence-corrected chi connectivity index (χ3v) is 2.34. The summed E-state index contributed by atoms with van der Waals surface area (Å²) in [4.78, 5) is 0.